The van der Waals surface area contributed by atoms with Crippen LogP contribution in [0.4, 0.5) is 0 Å². The molecule has 0 radical (unpaired) electrons. The average Bonchev–Trinajstić information content (AvgIpc) is 3.19. The minimum Gasteiger partial charge on any atom is -0.379 e. The molecule has 5 rings (SSSR count). The van der Waals surface area contributed by atoms with E-state index in [1.54, 1.807) is 0 Å². The summed E-state index contributed by atoms with van der Waals surface area (Å²) in [6.07, 6.45) is 15.3. The molecule has 4 saturated carbocycles. The van der Waals surface area contributed by atoms with Gasteiger partial charge in [-0.05, 0) is 110 Å². The normalized spacial score (nSPS) is 54.6. The van der Waals surface area contributed by atoms with Crippen molar-refractivity contribution >= 4 is 0 Å². The van der Waals surface area contributed by atoms with Crippen molar-refractivity contribution in [3.63, 3.8) is 0 Å². The van der Waals surface area contributed by atoms with E-state index in [-0.39, 0.29) is 5.92 Å². The lowest BCUT2D eigenvalue weighted by Crippen LogP contribution is -2.53. The number of rotatable bonds is 4. The third-order valence-electron chi connectivity index (χ3n) is 11.7. The molecule has 172 valence electrons. The number of aliphatic hydroxyl groups excluding tert-OH is 1. The zero-order chi connectivity index (χ0) is 21.3. The van der Waals surface area contributed by atoms with Crippen LogP contribution in [-0.4, -0.2) is 23.5 Å². The molecule has 3 heteroatoms. The third kappa shape index (κ3) is 3.16. The van der Waals surface area contributed by atoms with Crippen LogP contribution in [0.1, 0.15) is 98.3 Å². The van der Waals surface area contributed by atoms with Crippen molar-refractivity contribution in [3.05, 3.63) is 0 Å². The summed E-state index contributed by atoms with van der Waals surface area (Å²) in [6.45, 7) is 9.88. The van der Waals surface area contributed by atoms with Crippen molar-refractivity contribution in [1.82, 2.24) is 0 Å². The highest BCUT2D eigenvalue weighted by Crippen LogP contribution is 2.70. The van der Waals surface area contributed by atoms with Crippen LogP contribution < -0.4 is 5.73 Å². The van der Waals surface area contributed by atoms with Gasteiger partial charge < -0.3 is 15.6 Å². The molecule has 3 N–H and O–H groups in total. The molecule has 0 aromatic carbocycles. The molecule has 1 aliphatic heterocycles. The lowest BCUT2D eigenvalue weighted by Gasteiger charge is -2.60. The minimum atomic E-state index is -0.699. The Hall–Kier alpha value is -0.120. The molecule has 5 fully saturated rings. The van der Waals surface area contributed by atoms with Gasteiger partial charge in [-0.3, -0.25) is 0 Å². The summed E-state index contributed by atoms with van der Waals surface area (Å²) >= 11 is 0. The molecule has 0 spiro atoms. The van der Waals surface area contributed by atoms with Gasteiger partial charge in [0, 0.05) is 0 Å². The van der Waals surface area contributed by atoms with Gasteiger partial charge >= 0.3 is 0 Å². The number of aliphatic hydroxyl groups is 1. The fourth-order valence-corrected chi connectivity index (χ4v) is 9.91. The Kier molecular flexibility index (Phi) is 5.60. The molecular formula is C27H47NO2. The smallest absolute Gasteiger partial charge is 0.104 e. The van der Waals surface area contributed by atoms with Crippen LogP contribution in [0.2, 0.25) is 0 Å². The Bertz CT molecular complexity index is 636. The second kappa shape index (κ2) is 7.73. The largest absolute Gasteiger partial charge is 0.379 e. The van der Waals surface area contributed by atoms with Crippen molar-refractivity contribution in [2.24, 2.45) is 58.0 Å². The SMILES string of the molecule is CC(CCC1O[C@H]2C[C@H]3[C@@H]4CCC5CCCC[C@]5(C)[C@H]4CC[C@]3(C)[C@H]2[C@@H]1C)C(N)O. The monoisotopic (exact) mass is 417 g/mol. The van der Waals surface area contributed by atoms with E-state index in [2.05, 4.69) is 27.7 Å². The standard InChI is InChI=1S/C27H47NO2/c1-16(25(28)29)8-11-22-17(2)24-23(30-22)15-21-19-10-9-18-7-5-6-13-26(18,3)20(19)12-14-27(21,24)4/h16-25,29H,5-15,28H2,1-4H3/t16?,17-,18?,19-,20+,21+,22?,23+,24+,25?,26+,27+/m1/s1. The fraction of sp³-hybridized carbons (Fsp3) is 1.00. The zero-order valence-corrected chi connectivity index (χ0v) is 20.0. The topological polar surface area (TPSA) is 55.5 Å². The van der Waals surface area contributed by atoms with Crippen LogP contribution in [0.25, 0.3) is 0 Å². The maximum atomic E-state index is 9.67. The van der Waals surface area contributed by atoms with E-state index < -0.39 is 6.23 Å². The summed E-state index contributed by atoms with van der Waals surface area (Å²) in [5.74, 6) is 5.37. The predicted octanol–water partition coefficient (Wildman–Crippen LogP) is 5.74. The minimum absolute atomic E-state index is 0.159. The van der Waals surface area contributed by atoms with E-state index in [1.807, 2.05) is 0 Å². The molecule has 1 saturated heterocycles. The highest BCUT2D eigenvalue weighted by Gasteiger charge is 2.65. The van der Waals surface area contributed by atoms with Gasteiger partial charge in [-0.1, -0.05) is 40.5 Å². The molecule has 12 atom stereocenters. The predicted molar refractivity (Wildman–Crippen MR) is 122 cm³/mol. The first kappa shape index (κ1) is 21.7. The molecule has 5 aliphatic rings. The van der Waals surface area contributed by atoms with Crippen molar-refractivity contribution < 1.29 is 9.84 Å². The van der Waals surface area contributed by atoms with Gasteiger partial charge in [-0.2, -0.15) is 0 Å². The molecule has 1 heterocycles. The number of nitrogens with two attached hydrogens (primary N) is 1. The van der Waals surface area contributed by atoms with Gasteiger partial charge in [0.25, 0.3) is 0 Å². The first-order valence-corrected chi connectivity index (χ1v) is 13.3. The lowest BCUT2D eigenvalue weighted by atomic mass is 9.44. The Morgan fingerprint density at radius 2 is 1.83 bits per heavy atom. The van der Waals surface area contributed by atoms with Crippen molar-refractivity contribution in [1.29, 1.82) is 0 Å². The summed E-state index contributed by atoms with van der Waals surface area (Å²) in [5, 5.41) is 9.67. The third-order valence-corrected chi connectivity index (χ3v) is 11.7. The molecule has 0 aromatic heterocycles. The van der Waals surface area contributed by atoms with E-state index in [0.29, 0.717) is 29.0 Å². The van der Waals surface area contributed by atoms with Gasteiger partial charge in [0.05, 0.1) is 12.2 Å². The molecule has 30 heavy (non-hydrogen) atoms. The maximum absolute atomic E-state index is 9.67. The van der Waals surface area contributed by atoms with E-state index in [4.69, 9.17) is 10.5 Å². The van der Waals surface area contributed by atoms with Crippen LogP contribution >= 0.6 is 0 Å². The zero-order valence-electron chi connectivity index (χ0n) is 20.0. The van der Waals surface area contributed by atoms with Crippen LogP contribution in [0.5, 0.6) is 0 Å². The van der Waals surface area contributed by atoms with E-state index in [1.165, 1.54) is 57.8 Å². The second-order valence-electron chi connectivity index (χ2n) is 12.8. The van der Waals surface area contributed by atoms with Crippen LogP contribution in [-0.2, 0) is 4.74 Å². The Morgan fingerprint density at radius 1 is 1.03 bits per heavy atom. The Labute approximate surface area is 184 Å². The van der Waals surface area contributed by atoms with Crippen LogP contribution in [0, 0.1) is 52.3 Å². The summed E-state index contributed by atoms with van der Waals surface area (Å²) in [7, 11) is 0. The Balaban J connectivity index is 1.31. The number of hydrogen-bond donors (Lipinski definition) is 2. The van der Waals surface area contributed by atoms with Crippen LogP contribution in [0.15, 0.2) is 0 Å². The van der Waals surface area contributed by atoms with Crippen molar-refractivity contribution in [3.8, 4) is 0 Å². The van der Waals surface area contributed by atoms with Crippen LogP contribution in [0.3, 0.4) is 0 Å². The highest BCUT2D eigenvalue weighted by atomic mass is 16.5. The first-order valence-electron chi connectivity index (χ1n) is 13.3. The van der Waals surface area contributed by atoms with E-state index in [0.717, 1.165) is 42.4 Å². The second-order valence-corrected chi connectivity index (χ2v) is 12.8. The van der Waals surface area contributed by atoms with Gasteiger partial charge in [-0.25, -0.2) is 0 Å². The molecule has 3 nitrogen and oxygen atoms in total. The van der Waals surface area contributed by atoms with Crippen molar-refractivity contribution in [2.45, 2.75) is 117 Å². The molecule has 4 aliphatic carbocycles. The van der Waals surface area contributed by atoms with Gasteiger partial charge in [0.2, 0.25) is 0 Å². The summed E-state index contributed by atoms with van der Waals surface area (Å²) in [5.41, 5.74) is 6.81. The van der Waals surface area contributed by atoms with E-state index >= 15 is 0 Å². The quantitative estimate of drug-likeness (QED) is 0.573. The lowest BCUT2D eigenvalue weighted by molar-refractivity contribution is -0.115. The molecule has 0 aromatic rings. The molecule has 0 bridgehead atoms. The molecule has 0 amide bonds. The molecular weight excluding hydrogens is 370 g/mol. The van der Waals surface area contributed by atoms with Gasteiger partial charge in [0.1, 0.15) is 6.23 Å². The number of fused-ring (bicyclic) bond motifs is 7. The summed E-state index contributed by atoms with van der Waals surface area (Å²) in [4.78, 5) is 0. The average molecular weight is 418 g/mol. The number of hydrogen-bond acceptors (Lipinski definition) is 3. The first-order chi connectivity index (χ1) is 14.3. The van der Waals surface area contributed by atoms with Crippen molar-refractivity contribution in [2.75, 3.05) is 0 Å². The maximum Gasteiger partial charge on any atom is 0.104 e. The van der Waals surface area contributed by atoms with Gasteiger partial charge in [0.15, 0.2) is 0 Å². The summed E-state index contributed by atoms with van der Waals surface area (Å²) in [6, 6.07) is 0. The summed E-state index contributed by atoms with van der Waals surface area (Å²) < 4.78 is 6.77. The Morgan fingerprint density at radius 3 is 2.60 bits per heavy atom. The fourth-order valence-electron chi connectivity index (χ4n) is 9.91. The van der Waals surface area contributed by atoms with E-state index in [9.17, 15) is 5.11 Å². The highest BCUT2D eigenvalue weighted by molar-refractivity contribution is 5.13. The van der Waals surface area contributed by atoms with Gasteiger partial charge in [-0.15, -0.1) is 0 Å². The molecule has 4 unspecified atom stereocenters. The number of ether oxygens (including phenoxy) is 1.